The normalized spacial score (nSPS) is 11.5. The summed E-state index contributed by atoms with van der Waals surface area (Å²) in [4.78, 5) is 8.60. The number of aryl methyl sites for hydroxylation is 3. The van der Waals surface area contributed by atoms with E-state index in [0.717, 1.165) is 11.3 Å². The number of halogens is 2. The van der Waals surface area contributed by atoms with Crippen LogP contribution in [-0.4, -0.2) is 36.0 Å². The molecule has 144 valence electrons. The lowest BCUT2D eigenvalue weighted by Gasteiger charge is -2.07. The predicted octanol–water partition coefficient (Wildman–Crippen LogP) is 3.74. The first-order valence-electron chi connectivity index (χ1n) is 8.46. The number of alkyl halides is 2. The smallest absolute Gasteiger partial charge is 0.387 e. The average molecular weight is 385 g/mol. The van der Waals surface area contributed by atoms with Crippen LogP contribution in [0.4, 0.5) is 8.78 Å². The number of ether oxygens (including phenoxy) is 1. The molecule has 0 spiro atoms. The summed E-state index contributed by atoms with van der Waals surface area (Å²) >= 11 is 0. The molecule has 0 bridgehead atoms. The number of hydrogen-bond acceptors (Lipinski definition) is 5. The highest BCUT2D eigenvalue weighted by Crippen LogP contribution is 2.37. The zero-order valence-electron chi connectivity index (χ0n) is 15.4. The van der Waals surface area contributed by atoms with E-state index in [-0.39, 0.29) is 11.6 Å². The number of hydrogen-bond donors (Lipinski definition) is 1. The lowest BCUT2D eigenvalue weighted by Crippen LogP contribution is -2.02. The van der Waals surface area contributed by atoms with Gasteiger partial charge in [-0.25, -0.2) is 4.98 Å². The Morgan fingerprint density at radius 2 is 1.93 bits per heavy atom. The highest BCUT2D eigenvalue weighted by Gasteiger charge is 2.20. The monoisotopic (exact) mass is 385 g/mol. The van der Waals surface area contributed by atoms with Gasteiger partial charge in [-0.1, -0.05) is 0 Å². The highest BCUT2D eigenvalue weighted by atomic mass is 19.3. The first kappa shape index (κ1) is 17.9. The van der Waals surface area contributed by atoms with Gasteiger partial charge < -0.3 is 9.84 Å². The van der Waals surface area contributed by atoms with Gasteiger partial charge in [0.15, 0.2) is 0 Å². The second kappa shape index (κ2) is 6.59. The van der Waals surface area contributed by atoms with E-state index in [2.05, 4.69) is 19.8 Å². The van der Waals surface area contributed by atoms with E-state index in [1.807, 2.05) is 13.8 Å². The summed E-state index contributed by atoms with van der Waals surface area (Å²) in [6, 6.07) is 3.23. The van der Waals surface area contributed by atoms with Crippen molar-refractivity contribution < 1.29 is 18.6 Å². The summed E-state index contributed by atoms with van der Waals surface area (Å²) in [5.74, 6) is 0.0320. The number of nitrogens with zero attached hydrogens (tertiary/aromatic N) is 5. The van der Waals surface area contributed by atoms with Crippen LogP contribution in [0.25, 0.3) is 27.8 Å². The van der Waals surface area contributed by atoms with E-state index in [1.54, 1.807) is 34.8 Å². The van der Waals surface area contributed by atoms with E-state index in [1.165, 1.54) is 18.5 Å². The lowest BCUT2D eigenvalue weighted by atomic mass is 10.1. The molecule has 4 aromatic rings. The molecule has 28 heavy (non-hydrogen) atoms. The van der Waals surface area contributed by atoms with Gasteiger partial charge in [0.25, 0.3) is 0 Å². The summed E-state index contributed by atoms with van der Waals surface area (Å²) in [5.41, 5.74) is 3.93. The SMILES string of the molecule is Cc1cc(-c2cncc(OC(F)F)c2)nc2c(C)n(-c3cnn(C)c3)c(O)c12. The number of rotatable bonds is 4. The Morgan fingerprint density at radius 3 is 2.61 bits per heavy atom. The Hall–Kier alpha value is -3.49. The molecule has 0 aliphatic heterocycles. The standard InChI is InChI=1S/C19H17F2N5O2/c1-10-4-15(12-5-14(8-22-6-12)28-19(20)21)24-17-11(2)26(18(27)16(10)17)13-7-23-25(3)9-13/h4-9,19,27H,1-3H3. The largest absolute Gasteiger partial charge is 0.494 e. The number of pyridine rings is 2. The van der Waals surface area contributed by atoms with Gasteiger partial charge in [-0.05, 0) is 31.5 Å². The fourth-order valence-electron chi connectivity index (χ4n) is 3.31. The minimum Gasteiger partial charge on any atom is -0.494 e. The minimum absolute atomic E-state index is 0.0421. The maximum absolute atomic E-state index is 12.5. The van der Waals surface area contributed by atoms with E-state index in [0.29, 0.717) is 27.8 Å². The van der Waals surface area contributed by atoms with Crippen LogP contribution in [0, 0.1) is 13.8 Å². The summed E-state index contributed by atoms with van der Waals surface area (Å²) in [6.45, 7) is 0.773. The summed E-state index contributed by atoms with van der Waals surface area (Å²) in [7, 11) is 1.79. The van der Waals surface area contributed by atoms with Crippen LogP contribution in [0.15, 0.2) is 36.9 Å². The molecule has 4 rings (SSSR count). The second-order valence-electron chi connectivity index (χ2n) is 6.45. The fraction of sp³-hybridized carbons (Fsp3) is 0.211. The average Bonchev–Trinajstić information content (AvgIpc) is 3.16. The van der Waals surface area contributed by atoms with E-state index < -0.39 is 6.61 Å². The topological polar surface area (TPSA) is 78.0 Å². The summed E-state index contributed by atoms with van der Waals surface area (Å²) in [6.07, 6.45) is 6.18. The third kappa shape index (κ3) is 2.94. The molecule has 7 nitrogen and oxygen atoms in total. The van der Waals surface area contributed by atoms with E-state index >= 15 is 0 Å². The Labute approximate surface area is 158 Å². The van der Waals surface area contributed by atoms with Gasteiger partial charge in [0.2, 0.25) is 5.88 Å². The predicted molar refractivity (Wildman–Crippen MR) is 98.8 cm³/mol. The van der Waals surface area contributed by atoms with Crippen molar-refractivity contribution >= 4 is 10.9 Å². The molecule has 0 fully saturated rings. The van der Waals surface area contributed by atoms with Crippen molar-refractivity contribution in [3.05, 3.63) is 48.2 Å². The maximum atomic E-state index is 12.5. The molecule has 4 heterocycles. The van der Waals surface area contributed by atoms with E-state index in [9.17, 15) is 13.9 Å². The number of fused-ring (bicyclic) bond motifs is 1. The quantitative estimate of drug-likeness (QED) is 0.579. The Morgan fingerprint density at radius 1 is 1.14 bits per heavy atom. The molecular formula is C19H17F2N5O2. The first-order chi connectivity index (χ1) is 13.3. The Kier molecular flexibility index (Phi) is 4.21. The van der Waals surface area contributed by atoms with Crippen LogP contribution in [-0.2, 0) is 7.05 Å². The van der Waals surface area contributed by atoms with Crippen molar-refractivity contribution in [2.24, 2.45) is 7.05 Å². The van der Waals surface area contributed by atoms with Crippen LogP contribution < -0.4 is 4.74 Å². The Bertz CT molecular complexity index is 1180. The third-order valence-corrected chi connectivity index (χ3v) is 4.51. The first-order valence-corrected chi connectivity index (χ1v) is 8.46. The van der Waals surface area contributed by atoms with Crippen molar-refractivity contribution in [3.63, 3.8) is 0 Å². The van der Waals surface area contributed by atoms with Crippen molar-refractivity contribution in [3.8, 4) is 28.6 Å². The number of aromatic hydroxyl groups is 1. The molecule has 0 saturated carbocycles. The molecule has 0 unspecified atom stereocenters. The zero-order chi connectivity index (χ0) is 20.0. The van der Waals surface area contributed by atoms with Gasteiger partial charge in [0.05, 0.1) is 34.7 Å². The van der Waals surface area contributed by atoms with Gasteiger partial charge in [0, 0.05) is 30.7 Å². The highest BCUT2D eigenvalue weighted by molar-refractivity contribution is 5.93. The van der Waals surface area contributed by atoms with Gasteiger partial charge >= 0.3 is 6.61 Å². The molecule has 0 radical (unpaired) electrons. The lowest BCUT2D eigenvalue weighted by molar-refractivity contribution is -0.0500. The number of aromatic nitrogens is 5. The molecule has 1 N–H and O–H groups in total. The van der Waals surface area contributed by atoms with Crippen molar-refractivity contribution in [1.29, 1.82) is 0 Å². The third-order valence-electron chi connectivity index (χ3n) is 4.51. The van der Waals surface area contributed by atoms with Gasteiger partial charge in [-0.3, -0.25) is 14.2 Å². The van der Waals surface area contributed by atoms with Crippen LogP contribution in [0.3, 0.4) is 0 Å². The van der Waals surface area contributed by atoms with Gasteiger partial charge in [-0.2, -0.15) is 13.9 Å². The zero-order valence-corrected chi connectivity index (χ0v) is 15.4. The van der Waals surface area contributed by atoms with Crippen LogP contribution in [0.5, 0.6) is 11.6 Å². The van der Waals surface area contributed by atoms with Gasteiger partial charge in [0.1, 0.15) is 5.75 Å². The molecule has 4 aromatic heterocycles. The van der Waals surface area contributed by atoms with Crippen LogP contribution in [0.1, 0.15) is 11.3 Å². The van der Waals surface area contributed by atoms with Crippen LogP contribution >= 0.6 is 0 Å². The maximum Gasteiger partial charge on any atom is 0.387 e. The second-order valence-corrected chi connectivity index (χ2v) is 6.45. The molecule has 0 aliphatic rings. The van der Waals surface area contributed by atoms with Crippen molar-refractivity contribution in [1.82, 2.24) is 24.3 Å². The minimum atomic E-state index is -2.93. The molecule has 9 heteroatoms. The molecule has 0 atom stereocenters. The van der Waals surface area contributed by atoms with Crippen molar-refractivity contribution in [2.75, 3.05) is 0 Å². The molecule has 0 amide bonds. The van der Waals surface area contributed by atoms with Crippen molar-refractivity contribution in [2.45, 2.75) is 20.5 Å². The Balaban J connectivity index is 1.88. The molecular weight excluding hydrogens is 368 g/mol. The molecule has 0 saturated heterocycles. The van der Waals surface area contributed by atoms with Crippen LogP contribution in [0.2, 0.25) is 0 Å². The van der Waals surface area contributed by atoms with E-state index in [4.69, 9.17) is 0 Å². The summed E-state index contributed by atoms with van der Waals surface area (Å²) < 4.78 is 32.7. The van der Waals surface area contributed by atoms with Gasteiger partial charge in [-0.15, -0.1) is 0 Å². The summed E-state index contributed by atoms with van der Waals surface area (Å²) in [5, 5.41) is 15.6. The fourth-order valence-corrected chi connectivity index (χ4v) is 3.31. The molecule has 0 aromatic carbocycles. The molecule has 0 aliphatic carbocycles.